The van der Waals surface area contributed by atoms with E-state index in [1.54, 1.807) is 14.2 Å². The molecule has 0 saturated carbocycles. The van der Waals surface area contributed by atoms with E-state index in [9.17, 15) is 0 Å². The van der Waals surface area contributed by atoms with E-state index >= 15 is 0 Å². The van der Waals surface area contributed by atoms with Gasteiger partial charge in [-0.05, 0) is 6.07 Å². The van der Waals surface area contributed by atoms with Crippen molar-refractivity contribution in [2.75, 3.05) is 58.6 Å². The molecule has 0 atom stereocenters. The first-order valence-electron chi connectivity index (χ1n) is 8.35. The fraction of sp³-hybridized carbons (Fsp3) is 0.500. The number of morpholine rings is 1. The summed E-state index contributed by atoms with van der Waals surface area (Å²) in [4.78, 5) is 6.76. The first-order chi connectivity index (χ1) is 12.2. The van der Waals surface area contributed by atoms with Crippen molar-refractivity contribution in [3.05, 3.63) is 23.4 Å². The molecule has 3 rings (SSSR count). The van der Waals surface area contributed by atoms with Crippen LogP contribution in [0.3, 0.4) is 0 Å². The Morgan fingerprint density at radius 1 is 1.16 bits per heavy atom. The first-order valence-corrected chi connectivity index (χ1v) is 8.73. The van der Waals surface area contributed by atoms with Gasteiger partial charge in [0.1, 0.15) is 0 Å². The van der Waals surface area contributed by atoms with Crippen molar-refractivity contribution in [1.29, 1.82) is 0 Å². The Bertz CT molecular complexity index is 720. The second-order valence-electron chi connectivity index (χ2n) is 5.77. The molecule has 0 aliphatic carbocycles. The van der Waals surface area contributed by atoms with Crippen LogP contribution in [0, 0.1) is 0 Å². The zero-order chi connectivity index (χ0) is 17.6. The van der Waals surface area contributed by atoms with E-state index in [1.165, 1.54) is 0 Å². The molecule has 0 spiro atoms. The third-order valence-electron chi connectivity index (χ3n) is 4.17. The van der Waals surface area contributed by atoms with Gasteiger partial charge >= 0.3 is 0 Å². The van der Waals surface area contributed by atoms with Crippen LogP contribution in [-0.2, 0) is 9.47 Å². The van der Waals surface area contributed by atoms with Crippen molar-refractivity contribution in [3.63, 3.8) is 0 Å². The fourth-order valence-corrected chi connectivity index (χ4v) is 3.16. The van der Waals surface area contributed by atoms with Crippen molar-refractivity contribution in [1.82, 2.24) is 4.98 Å². The zero-order valence-corrected chi connectivity index (χ0v) is 15.3. The lowest BCUT2D eigenvalue weighted by molar-refractivity contribution is 0.122. The predicted molar refractivity (Wildman–Crippen MR) is 98.3 cm³/mol. The van der Waals surface area contributed by atoms with E-state index in [0.29, 0.717) is 42.9 Å². The van der Waals surface area contributed by atoms with Crippen molar-refractivity contribution in [3.8, 4) is 11.5 Å². The SMILES string of the molecule is COCCCOc1cc2ncc(N3CCOCC3)c(Cl)c2cc1OC. The van der Waals surface area contributed by atoms with Crippen LogP contribution in [0.1, 0.15) is 6.42 Å². The molecule has 1 saturated heterocycles. The molecule has 136 valence electrons. The smallest absolute Gasteiger partial charge is 0.163 e. The second kappa shape index (κ2) is 8.56. The quantitative estimate of drug-likeness (QED) is 0.702. The Labute approximate surface area is 152 Å². The molecule has 0 amide bonds. The van der Waals surface area contributed by atoms with E-state index in [2.05, 4.69) is 9.88 Å². The Balaban J connectivity index is 1.90. The number of hydrogen-bond donors (Lipinski definition) is 0. The number of benzene rings is 1. The number of aromatic nitrogens is 1. The summed E-state index contributed by atoms with van der Waals surface area (Å²) in [6.45, 7) is 4.23. The molecule has 1 fully saturated rings. The van der Waals surface area contributed by atoms with Crippen LogP contribution in [0.15, 0.2) is 18.3 Å². The van der Waals surface area contributed by atoms with Gasteiger partial charge in [0.25, 0.3) is 0 Å². The molecular weight excluding hydrogens is 344 g/mol. The lowest BCUT2D eigenvalue weighted by Gasteiger charge is -2.29. The van der Waals surface area contributed by atoms with Gasteiger partial charge in [-0.25, -0.2) is 0 Å². The molecule has 2 aromatic rings. The molecular formula is C18H23ClN2O4. The third-order valence-corrected chi connectivity index (χ3v) is 4.57. The van der Waals surface area contributed by atoms with Gasteiger partial charge in [0.2, 0.25) is 0 Å². The molecule has 2 heterocycles. The third kappa shape index (κ3) is 4.08. The number of pyridine rings is 1. The van der Waals surface area contributed by atoms with Crippen molar-refractivity contribution < 1.29 is 18.9 Å². The van der Waals surface area contributed by atoms with Gasteiger partial charge in [-0.2, -0.15) is 0 Å². The van der Waals surface area contributed by atoms with Crippen LogP contribution in [0.25, 0.3) is 10.9 Å². The molecule has 1 aromatic heterocycles. The topological polar surface area (TPSA) is 53.1 Å². The van der Waals surface area contributed by atoms with Gasteiger partial charge in [-0.15, -0.1) is 0 Å². The maximum Gasteiger partial charge on any atom is 0.163 e. The van der Waals surface area contributed by atoms with Gasteiger partial charge in [-0.1, -0.05) is 11.6 Å². The second-order valence-corrected chi connectivity index (χ2v) is 6.15. The molecule has 0 N–H and O–H groups in total. The minimum Gasteiger partial charge on any atom is -0.493 e. The highest BCUT2D eigenvalue weighted by molar-refractivity contribution is 6.38. The fourth-order valence-electron chi connectivity index (χ4n) is 2.84. The average molecular weight is 367 g/mol. The van der Waals surface area contributed by atoms with Gasteiger partial charge < -0.3 is 23.8 Å². The van der Waals surface area contributed by atoms with Crippen LogP contribution in [0.4, 0.5) is 5.69 Å². The van der Waals surface area contributed by atoms with Crippen LogP contribution >= 0.6 is 11.6 Å². The van der Waals surface area contributed by atoms with Crippen LogP contribution < -0.4 is 14.4 Å². The number of anilines is 1. The molecule has 7 heteroatoms. The molecule has 0 radical (unpaired) electrons. The Kier molecular flexibility index (Phi) is 6.18. The van der Waals surface area contributed by atoms with Crippen LogP contribution in [0.2, 0.25) is 5.02 Å². The minimum atomic E-state index is 0.551. The van der Waals surface area contributed by atoms with E-state index in [4.69, 9.17) is 30.5 Å². The minimum absolute atomic E-state index is 0.551. The average Bonchev–Trinajstić information content (AvgIpc) is 2.66. The number of methoxy groups -OCH3 is 2. The number of ether oxygens (including phenoxy) is 4. The highest BCUT2D eigenvalue weighted by atomic mass is 35.5. The largest absolute Gasteiger partial charge is 0.493 e. The van der Waals surface area contributed by atoms with Crippen molar-refractivity contribution in [2.24, 2.45) is 0 Å². The summed E-state index contributed by atoms with van der Waals surface area (Å²) in [6.07, 6.45) is 2.62. The highest BCUT2D eigenvalue weighted by Crippen LogP contribution is 2.38. The standard InChI is InChI=1S/C18H23ClN2O4/c1-22-6-3-7-25-17-11-14-13(10-16(17)23-2)18(19)15(12-20-14)21-4-8-24-9-5-21/h10-12H,3-9H2,1-2H3. The molecule has 1 aliphatic heterocycles. The van der Waals surface area contributed by atoms with Crippen molar-refractivity contribution in [2.45, 2.75) is 6.42 Å². The first kappa shape index (κ1) is 18.0. The summed E-state index contributed by atoms with van der Waals surface area (Å²) in [5.41, 5.74) is 1.71. The lowest BCUT2D eigenvalue weighted by Crippen LogP contribution is -2.36. The Morgan fingerprint density at radius 2 is 1.96 bits per heavy atom. The number of halogens is 1. The monoisotopic (exact) mass is 366 g/mol. The van der Waals surface area contributed by atoms with Gasteiger partial charge in [0, 0.05) is 44.7 Å². The number of hydrogen-bond acceptors (Lipinski definition) is 6. The Hall–Kier alpha value is -1.76. The number of nitrogens with zero attached hydrogens (tertiary/aromatic N) is 2. The molecule has 0 unspecified atom stereocenters. The molecule has 1 aromatic carbocycles. The maximum atomic E-state index is 6.67. The Morgan fingerprint density at radius 3 is 2.68 bits per heavy atom. The van der Waals surface area contributed by atoms with Crippen molar-refractivity contribution >= 4 is 28.2 Å². The summed E-state index contributed by atoms with van der Waals surface area (Å²) in [6, 6.07) is 3.76. The molecule has 0 bridgehead atoms. The summed E-state index contributed by atoms with van der Waals surface area (Å²) in [5.74, 6) is 1.31. The zero-order valence-electron chi connectivity index (χ0n) is 14.6. The number of rotatable bonds is 7. The van der Waals surface area contributed by atoms with E-state index in [-0.39, 0.29) is 0 Å². The lowest BCUT2D eigenvalue weighted by atomic mass is 10.1. The maximum absolute atomic E-state index is 6.67. The molecule has 1 aliphatic rings. The van der Waals surface area contributed by atoms with Crippen LogP contribution in [0.5, 0.6) is 11.5 Å². The predicted octanol–water partition coefficient (Wildman–Crippen LogP) is 3.15. The van der Waals surface area contributed by atoms with E-state index in [1.807, 2.05) is 18.3 Å². The highest BCUT2D eigenvalue weighted by Gasteiger charge is 2.18. The van der Waals surface area contributed by atoms with E-state index < -0.39 is 0 Å². The normalized spacial score (nSPS) is 14.8. The van der Waals surface area contributed by atoms with Crippen LogP contribution in [-0.4, -0.2) is 58.7 Å². The summed E-state index contributed by atoms with van der Waals surface area (Å²) < 4.78 is 21.7. The van der Waals surface area contributed by atoms with E-state index in [0.717, 1.165) is 36.1 Å². The molecule has 6 nitrogen and oxygen atoms in total. The summed E-state index contributed by atoms with van der Waals surface area (Å²) >= 11 is 6.67. The number of fused-ring (bicyclic) bond motifs is 1. The molecule has 25 heavy (non-hydrogen) atoms. The summed E-state index contributed by atoms with van der Waals surface area (Å²) in [7, 11) is 3.30. The van der Waals surface area contributed by atoms with Gasteiger partial charge in [0.15, 0.2) is 11.5 Å². The van der Waals surface area contributed by atoms with Gasteiger partial charge in [0.05, 0.1) is 49.4 Å². The van der Waals surface area contributed by atoms with Gasteiger partial charge in [-0.3, -0.25) is 4.98 Å². The summed E-state index contributed by atoms with van der Waals surface area (Å²) in [5, 5.41) is 1.53.